The Morgan fingerprint density at radius 2 is 1.49 bits per heavy atom. The number of carbonyl (C=O) groups is 6. The van der Waals surface area contributed by atoms with Gasteiger partial charge in [0, 0.05) is 25.4 Å². The summed E-state index contributed by atoms with van der Waals surface area (Å²) in [5.41, 5.74) is 1.22. The van der Waals surface area contributed by atoms with Gasteiger partial charge in [0.15, 0.2) is 5.78 Å². The third kappa shape index (κ3) is 11.5. The van der Waals surface area contributed by atoms with Gasteiger partial charge >= 0.3 is 0 Å². The van der Waals surface area contributed by atoms with Crippen molar-refractivity contribution in [2.24, 2.45) is 23.7 Å². The number of carbonyl (C=O) groups excluding carboxylic acids is 6. The molecule has 4 amide bonds. The van der Waals surface area contributed by atoms with Crippen LogP contribution in [0.2, 0.25) is 0 Å². The number of hydrogen-bond acceptors (Lipinski definition) is 7. The van der Waals surface area contributed by atoms with E-state index in [-0.39, 0.29) is 71.1 Å². The zero-order chi connectivity index (χ0) is 37.8. The zero-order valence-corrected chi connectivity index (χ0v) is 31.8. The van der Waals surface area contributed by atoms with Crippen molar-refractivity contribution in [1.29, 1.82) is 0 Å². The Bertz CT molecular complexity index is 1390. The lowest BCUT2D eigenvalue weighted by Crippen LogP contribution is -2.60. The predicted octanol–water partition coefficient (Wildman–Crippen LogP) is 4.76. The minimum absolute atomic E-state index is 0.0417. The first-order chi connectivity index (χ1) is 24.2. The van der Waals surface area contributed by atoms with E-state index in [0.29, 0.717) is 38.6 Å². The molecule has 1 aliphatic heterocycles. The fourth-order valence-corrected chi connectivity index (χ4v) is 7.43. The fourth-order valence-electron chi connectivity index (χ4n) is 7.43. The van der Waals surface area contributed by atoms with Crippen LogP contribution in [0.4, 0.5) is 0 Å². The van der Waals surface area contributed by atoms with Gasteiger partial charge in [0.05, 0.1) is 11.7 Å². The molecule has 1 aliphatic carbocycles. The standard InChI is InChI=1S/C40H61N5O6/c1-9-16-32(37(48)28(8)41-27(7)29-18-11-10-12-19-29)42-39(50)36-31-21-15-20-30(31)23-45(36)40(51)35(25(4)5)44-38(49)34(24(2)3)43-33(47)22-14-13-17-26(6)46/h10-12,18-19,24-25,27,30-32,34-36,41H,8-9,13-17,20-23H2,1-7H3,(H,42,50)(H,43,47)(H,44,49)/t27-,30-,31-,32?,34-,35-,36?/m0/s1. The summed E-state index contributed by atoms with van der Waals surface area (Å²) in [4.78, 5) is 81.4. The van der Waals surface area contributed by atoms with Crippen LogP contribution in [-0.4, -0.2) is 70.8 Å². The van der Waals surface area contributed by atoms with Gasteiger partial charge in [-0.05, 0) is 75.2 Å². The number of nitrogens with one attached hydrogen (secondary N) is 4. The van der Waals surface area contributed by atoms with Gasteiger partial charge in [0.1, 0.15) is 23.9 Å². The first-order valence-electron chi connectivity index (χ1n) is 18.9. The molecule has 1 saturated heterocycles. The number of hydrogen-bond donors (Lipinski definition) is 4. The molecule has 2 fully saturated rings. The van der Waals surface area contributed by atoms with E-state index >= 15 is 0 Å². The molecule has 3 rings (SSSR count). The number of ketones is 2. The number of benzene rings is 1. The van der Waals surface area contributed by atoms with E-state index in [9.17, 15) is 28.8 Å². The van der Waals surface area contributed by atoms with Crippen LogP contribution >= 0.6 is 0 Å². The van der Waals surface area contributed by atoms with Gasteiger partial charge in [0.25, 0.3) is 0 Å². The van der Waals surface area contributed by atoms with Crippen molar-refractivity contribution in [2.75, 3.05) is 6.54 Å². The molecule has 0 aromatic heterocycles. The van der Waals surface area contributed by atoms with Gasteiger partial charge in [-0.15, -0.1) is 0 Å². The van der Waals surface area contributed by atoms with E-state index in [1.807, 2.05) is 71.9 Å². The fraction of sp³-hybridized carbons (Fsp3) is 0.650. The molecule has 1 aromatic carbocycles. The normalized spacial score (nSPS) is 20.6. The van der Waals surface area contributed by atoms with Crippen LogP contribution in [-0.2, 0) is 28.8 Å². The van der Waals surface area contributed by atoms with Gasteiger partial charge in [-0.2, -0.15) is 0 Å². The van der Waals surface area contributed by atoms with Crippen molar-refractivity contribution >= 4 is 35.2 Å². The smallest absolute Gasteiger partial charge is 0.246 e. The predicted molar refractivity (Wildman–Crippen MR) is 198 cm³/mol. The molecule has 1 aromatic rings. The summed E-state index contributed by atoms with van der Waals surface area (Å²) in [5.74, 6) is -2.09. The number of Topliss-reactive ketones (excluding diaryl/α,β-unsaturated/α-hetero) is 2. The highest BCUT2D eigenvalue weighted by atomic mass is 16.2. The number of rotatable bonds is 20. The monoisotopic (exact) mass is 707 g/mol. The summed E-state index contributed by atoms with van der Waals surface area (Å²) < 4.78 is 0. The van der Waals surface area contributed by atoms with E-state index in [0.717, 1.165) is 24.8 Å². The van der Waals surface area contributed by atoms with Crippen LogP contribution in [0.5, 0.6) is 0 Å². The number of fused-ring (bicyclic) bond motifs is 1. The van der Waals surface area contributed by atoms with Crippen molar-refractivity contribution in [1.82, 2.24) is 26.2 Å². The molecule has 11 heteroatoms. The van der Waals surface area contributed by atoms with Gasteiger partial charge in [-0.1, -0.05) is 84.4 Å². The third-order valence-electron chi connectivity index (χ3n) is 10.3. The Kier molecular flexibility index (Phi) is 15.9. The molecule has 2 aliphatic rings. The minimum atomic E-state index is -0.920. The maximum absolute atomic E-state index is 14.3. The van der Waals surface area contributed by atoms with E-state index < -0.39 is 30.1 Å². The second-order valence-electron chi connectivity index (χ2n) is 15.2. The van der Waals surface area contributed by atoms with Crippen LogP contribution in [0.25, 0.3) is 0 Å². The van der Waals surface area contributed by atoms with E-state index in [1.165, 1.54) is 6.92 Å². The van der Waals surface area contributed by atoms with Crippen LogP contribution in [0, 0.1) is 23.7 Å². The lowest BCUT2D eigenvalue weighted by Gasteiger charge is -2.34. The summed E-state index contributed by atoms with van der Waals surface area (Å²) in [6.45, 7) is 17.2. The molecule has 0 bridgehead atoms. The molecule has 4 N–H and O–H groups in total. The second-order valence-corrected chi connectivity index (χ2v) is 15.2. The summed E-state index contributed by atoms with van der Waals surface area (Å²) in [7, 11) is 0. The molecule has 1 saturated carbocycles. The van der Waals surface area contributed by atoms with Crippen LogP contribution in [0.1, 0.15) is 118 Å². The topological polar surface area (TPSA) is 154 Å². The summed E-state index contributed by atoms with van der Waals surface area (Å²) in [6.07, 6.45) is 5.49. The highest BCUT2D eigenvalue weighted by Gasteiger charge is 2.51. The maximum atomic E-state index is 14.3. The van der Waals surface area contributed by atoms with Crippen LogP contribution < -0.4 is 21.3 Å². The van der Waals surface area contributed by atoms with Crippen molar-refractivity contribution in [2.45, 2.75) is 136 Å². The molecular weight excluding hydrogens is 646 g/mol. The van der Waals surface area contributed by atoms with E-state index in [1.54, 1.807) is 4.90 Å². The number of nitrogens with zero attached hydrogens (tertiary/aromatic N) is 1. The van der Waals surface area contributed by atoms with Crippen molar-refractivity contribution < 1.29 is 28.8 Å². The van der Waals surface area contributed by atoms with E-state index in [4.69, 9.17) is 0 Å². The second kappa shape index (κ2) is 19.6. The highest BCUT2D eigenvalue weighted by molar-refractivity contribution is 6.02. The lowest BCUT2D eigenvalue weighted by molar-refractivity contribution is -0.144. The Labute approximate surface area is 304 Å². The first kappa shape index (κ1) is 41.4. The van der Waals surface area contributed by atoms with Gasteiger partial charge in [-0.25, -0.2) is 0 Å². The summed E-state index contributed by atoms with van der Waals surface area (Å²) >= 11 is 0. The molecule has 2 unspecified atom stereocenters. The van der Waals surface area contributed by atoms with E-state index in [2.05, 4.69) is 27.8 Å². The third-order valence-corrected chi connectivity index (χ3v) is 10.3. The van der Waals surface area contributed by atoms with Crippen molar-refractivity contribution in [3.63, 3.8) is 0 Å². The SMILES string of the molecule is C=C(N[C@@H](C)c1ccccc1)C(=O)C(CCC)NC(=O)C1[C@H]2CCC[C@H]2CN1C(=O)[C@@H](NC(=O)[C@@H](NC(=O)CCCCC(C)=O)C(C)C)C(C)C. The average Bonchev–Trinajstić information content (AvgIpc) is 3.69. The Balaban J connectivity index is 1.74. The molecule has 11 nitrogen and oxygen atoms in total. The largest absolute Gasteiger partial charge is 0.376 e. The number of unbranched alkanes of at least 4 members (excludes halogenated alkanes) is 1. The summed E-state index contributed by atoms with van der Waals surface area (Å²) in [6, 6.07) is 6.22. The Hall–Kier alpha value is -4.02. The zero-order valence-electron chi connectivity index (χ0n) is 31.8. The Morgan fingerprint density at radius 1 is 0.843 bits per heavy atom. The molecule has 0 radical (unpaired) electrons. The number of amides is 4. The minimum Gasteiger partial charge on any atom is -0.376 e. The first-order valence-corrected chi connectivity index (χ1v) is 18.9. The van der Waals surface area contributed by atoms with Crippen LogP contribution in [0.3, 0.4) is 0 Å². The van der Waals surface area contributed by atoms with Crippen molar-refractivity contribution in [3.05, 3.63) is 48.2 Å². The van der Waals surface area contributed by atoms with Crippen LogP contribution in [0.15, 0.2) is 42.6 Å². The lowest BCUT2D eigenvalue weighted by atomic mass is 9.92. The quantitative estimate of drug-likeness (QED) is 0.113. The molecule has 0 spiro atoms. The van der Waals surface area contributed by atoms with Crippen molar-refractivity contribution in [3.8, 4) is 0 Å². The molecule has 51 heavy (non-hydrogen) atoms. The molecular formula is C40H61N5O6. The Morgan fingerprint density at radius 3 is 2.10 bits per heavy atom. The number of likely N-dealkylation sites (tertiary alicyclic amines) is 1. The maximum Gasteiger partial charge on any atom is 0.246 e. The molecule has 282 valence electrons. The summed E-state index contributed by atoms with van der Waals surface area (Å²) in [5, 5.41) is 11.9. The van der Waals surface area contributed by atoms with Gasteiger partial charge in [-0.3, -0.25) is 24.0 Å². The average molecular weight is 708 g/mol. The van der Waals surface area contributed by atoms with Gasteiger partial charge in [0.2, 0.25) is 23.6 Å². The highest BCUT2D eigenvalue weighted by Crippen LogP contribution is 2.42. The molecule has 1 heterocycles. The molecule has 7 atom stereocenters. The van der Waals surface area contributed by atoms with Gasteiger partial charge < -0.3 is 31.0 Å².